The Hall–Kier alpha value is -15.7. The SMILES string of the molecule is c1ccc(-n2c3ccccc3c3cc(-c4ccc5c(c4)c4ccccc4n5-c4ncccn4)ccc32)cc1.c1ccc(-n2c3ccccc3c3cc(-c4ccc5c(c4)c4ccccc4n5-c4ncncn4)ccc32)cc1.c1cncc(-n2c3ccccc3c3cc(-c4ccc5c(c4)c4ccccc4n5-c4cccnc4)ccc32)c1. The second-order valence-corrected chi connectivity index (χ2v) is 28.6. The molecule has 0 fully saturated rings. The van der Waals surface area contributed by atoms with Gasteiger partial charge in [0.05, 0.1) is 90.0 Å². The lowest BCUT2D eigenvalue weighted by atomic mass is 10.0. The van der Waals surface area contributed by atoms with Crippen LogP contribution in [0.25, 0.3) is 199 Å². The first-order valence-electron chi connectivity index (χ1n) is 38.1. The number of para-hydroxylation sites is 8. The maximum atomic E-state index is 4.54. The molecule has 0 radical (unpaired) electrons. The zero-order valence-corrected chi connectivity index (χ0v) is 61.3. The molecule has 0 N–H and O–H groups in total. The zero-order valence-electron chi connectivity index (χ0n) is 61.3. The van der Waals surface area contributed by atoms with Gasteiger partial charge < -0.3 is 18.3 Å². The number of fused-ring (bicyclic) bond motifs is 18. The molecule has 0 aliphatic heterocycles. The summed E-state index contributed by atoms with van der Waals surface area (Å²) in [5.41, 5.74) is 25.5. The Morgan fingerprint density at radius 2 is 0.395 bits per heavy atom. The van der Waals surface area contributed by atoms with Crippen molar-refractivity contribution < 1.29 is 0 Å². The van der Waals surface area contributed by atoms with E-state index < -0.39 is 0 Å². The number of aromatic nitrogens is 13. The molecule has 10 aromatic heterocycles. The van der Waals surface area contributed by atoms with Crippen LogP contribution in [-0.4, -0.2) is 62.3 Å². The summed E-state index contributed by atoms with van der Waals surface area (Å²) in [7, 11) is 0. The normalized spacial score (nSPS) is 11.7. The largest absolute Gasteiger partial charge is 0.309 e. The standard InChI is InChI=1S/2C34H22N4.C33H21N5/c1-3-11-31-27(9-1)29-19-23(13-15-33(29)37(31)25-7-5-17-35-21-25)24-14-16-34-30(20-24)28-10-2-4-12-32(28)38(34)26-8-6-18-36-22-26;1-2-9-25(10-3-1)37-30-13-6-4-11-26(30)28-21-23(15-17-32(28)37)24-16-18-33-29(22-24)27-12-5-7-14-31(27)38(33)34-35-19-8-20-36-34;1-2-8-24(9-3-1)37-29-12-6-4-10-25(29)27-18-22(14-16-31(27)37)23-15-17-32-28(19-23)26-11-5-7-13-30(26)38(32)33-35-20-34-21-36-33/h2*1-22H;1-21H. The van der Waals surface area contributed by atoms with Crippen molar-refractivity contribution in [2.75, 3.05) is 0 Å². The molecule has 24 aromatic rings. The molecule has 0 spiro atoms. The average molecular weight is 1460 g/mol. The first-order chi connectivity index (χ1) is 56.6. The van der Waals surface area contributed by atoms with Crippen molar-refractivity contribution in [3.8, 4) is 68.0 Å². The van der Waals surface area contributed by atoms with E-state index in [1.54, 1.807) is 25.0 Å². The van der Waals surface area contributed by atoms with Gasteiger partial charge in [0.25, 0.3) is 0 Å². The van der Waals surface area contributed by atoms with Gasteiger partial charge in [-0.05, 0) is 197 Å². The van der Waals surface area contributed by atoms with Gasteiger partial charge in [-0.3, -0.25) is 19.1 Å². The van der Waals surface area contributed by atoms with E-state index in [4.69, 9.17) is 0 Å². The summed E-state index contributed by atoms with van der Waals surface area (Å²) in [5, 5.41) is 14.7. The Morgan fingerprint density at radius 3 is 0.684 bits per heavy atom. The molecule has 13 heteroatoms. The van der Waals surface area contributed by atoms with Gasteiger partial charge in [-0.25, -0.2) is 24.9 Å². The monoisotopic (exact) mass is 1460 g/mol. The summed E-state index contributed by atoms with van der Waals surface area (Å²) >= 11 is 0. The molecule has 0 amide bonds. The number of pyridine rings is 2. The van der Waals surface area contributed by atoms with Crippen LogP contribution in [0.5, 0.6) is 0 Å². The van der Waals surface area contributed by atoms with Gasteiger partial charge in [0.2, 0.25) is 11.9 Å². The van der Waals surface area contributed by atoms with Crippen molar-refractivity contribution in [2.24, 2.45) is 0 Å². The third-order valence-corrected chi connectivity index (χ3v) is 22.3. The second-order valence-electron chi connectivity index (χ2n) is 28.6. The summed E-state index contributed by atoms with van der Waals surface area (Å²) in [5.74, 6) is 1.30. The lowest BCUT2D eigenvalue weighted by molar-refractivity contribution is 0.939. The van der Waals surface area contributed by atoms with E-state index >= 15 is 0 Å². The van der Waals surface area contributed by atoms with Crippen molar-refractivity contribution in [1.29, 1.82) is 0 Å². The minimum absolute atomic E-state index is 0.620. The number of rotatable bonds is 9. The molecule has 24 rings (SSSR count). The molecular formula is C101H65N13. The van der Waals surface area contributed by atoms with E-state index in [9.17, 15) is 0 Å². The molecule has 13 nitrogen and oxygen atoms in total. The predicted molar refractivity (Wildman–Crippen MR) is 466 cm³/mol. The number of nitrogens with zero attached hydrogens (tertiary/aromatic N) is 13. The third-order valence-electron chi connectivity index (χ3n) is 22.3. The summed E-state index contributed by atoms with van der Waals surface area (Å²) in [6.07, 6.45) is 14.1. The van der Waals surface area contributed by atoms with Crippen LogP contribution in [0, 0.1) is 0 Å². The molecule has 10 heterocycles. The highest BCUT2D eigenvalue weighted by Crippen LogP contribution is 2.43. The lowest BCUT2D eigenvalue weighted by Crippen LogP contribution is -2.00. The number of benzene rings is 14. The topological polar surface area (TPSA) is 120 Å². The van der Waals surface area contributed by atoms with Gasteiger partial charge >= 0.3 is 0 Å². The van der Waals surface area contributed by atoms with Crippen LogP contribution in [0.2, 0.25) is 0 Å². The number of hydrogen-bond donors (Lipinski definition) is 0. The van der Waals surface area contributed by atoms with Crippen LogP contribution in [-0.2, 0) is 0 Å². The highest BCUT2D eigenvalue weighted by Gasteiger charge is 2.22. The average Bonchev–Trinajstić information content (AvgIpc) is 1.81. The summed E-state index contributed by atoms with van der Waals surface area (Å²) in [6, 6.07) is 123. The van der Waals surface area contributed by atoms with Gasteiger partial charge in [-0.1, -0.05) is 182 Å². The lowest BCUT2D eigenvalue weighted by Gasteiger charge is -2.09. The Morgan fingerprint density at radius 1 is 0.158 bits per heavy atom. The fraction of sp³-hybridized carbons (Fsp3) is 0. The Bertz CT molecular complexity index is 6630. The molecule has 0 saturated carbocycles. The third kappa shape index (κ3) is 10.8. The van der Waals surface area contributed by atoms with Gasteiger partial charge in [-0.2, -0.15) is 0 Å². The van der Waals surface area contributed by atoms with Crippen molar-refractivity contribution in [2.45, 2.75) is 0 Å². The highest BCUT2D eigenvalue weighted by molar-refractivity contribution is 6.17. The van der Waals surface area contributed by atoms with Crippen molar-refractivity contribution in [3.63, 3.8) is 0 Å². The van der Waals surface area contributed by atoms with Gasteiger partial charge in [0.15, 0.2) is 0 Å². The van der Waals surface area contributed by atoms with Crippen LogP contribution < -0.4 is 0 Å². The summed E-state index contributed by atoms with van der Waals surface area (Å²) in [4.78, 5) is 30.7. The minimum atomic E-state index is 0.620. The minimum Gasteiger partial charge on any atom is -0.309 e. The van der Waals surface area contributed by atoms with E-state index in [1.807, 2.05) is 43.0 Å². The van der Waals surface area contributed by atoms with Crippen LogP contribution in [0.1, 0.15) is 0 Å². The molecule has 14 aromatic carbocycles. The molecule has 0 saturated heterocycles. The molecule has 0 atom stereocenters. The van der Waals surface area contributed by atoms with E-state index in [0.717, 1.165) is 33.4 Å². The summed E-state index contributed by atoms with van der Waals surface area (Å²) < 4.78 is 13.5. The van der Waals surface area contributed by atoms with Crippen molar-refractivity contribution >= 4 is 131 Å². The molecule has 0 bridgehead atoms. The van der Waals surface area contributed by atoms with E-state index in [-0.39, 0.29) is 0 Å². The fourth-order valence-electron chi connectivity index (χ4n) is 17.3. The van der Waals surface area contributed by atoms with Gasteiger partial charge in [0, 0.05) is 101 Å². The second kappa shape index (κ2) is 27.1. The molecule has 114 heavy (non-hydrogen) atoms. The van der Waals surface area contributed by atoms with Crippen molar-refractivity contribution in [3.05, 3.63) is 396 Å². The van der Waals surface area contributed by atoms with Gasteiger partial charge in [-0.15, -0.1) is 0 Å². The van der Waals surface area contributed by atoms with Crippen LogP contribution in [0.4, 0.5) is 0 Å². The molecule has 0 unspecified atom stereocenters. The van der Waals surface area contributed by atoms with Crippen molar-refractivity contribution in [1.82, 2.24) is 62.3 Å². The van der Waals surface area contributed by atoms with Gasteiger partial charge in [0.1, 0.15) is 12.7 Å². The van der Waals surface area contributed by atoms with Crippen LogP contribution >= 0.6 is 0 Å². The molecule has 0 aliphatic rings. The molecule has 0 aliphatic carbocycles. The van der Waals surface area contributed by atoms with Crippen LogP contribution in [0.3, 0.4) is 0 Å². The fourth-order valence-corrected chi connectivity index (χ4v) is 17.3. The summed E-state index contributed by atoms with van der Waals surface area (Å²) in [6.45, 7) is 0. The molecular weight excluding hydrogens is 1400 g/mol. The first-order valence-corrected chi connectivity index (χ1v) is 38.1. The highest BCUT2D eigenvalue weighted by atomic mass is 15.2. The Kier molecular flexibility index (Phi) is 15.6. The Labute approximate surface area is 652 Å². The van der Waals surface area contributed by atoms with E-state index in [0.29, 0.717) is 11.9 Å². The van der Waals surface area contributed by atoms with Crippen LogP contribution in [0.15, 0.2) is 396 Å². The predicted octanol–water partition coefficient (Wildman–Crippen LogP) is 24.4. The first kappa shape index (κ1) is 65.4. The smallest absolute Gasteiger partial charge is 0.237 e. The number of hydrogen-bond acceptors (Lipinski definition) is 7. The zero-order chi connectivity index (χ0) is 75.2. The maximum Gasteiger partial charge on any atom is 0.237 e. The quantitative estimate of drug-likeness (QED) is 0.141. The molecule has 534 valence electrons. The maximum absolute atomic E-state index is 4.54. The Balaban J connectivity index is 0.000000104. The van der Waals surface area contributed by atoms with E-state index in [2.05, 4.69) is 390 Å². The van der Waals surface area contributed by atoms with E-state index in [1.165, 1.54) is 154 Å².